The molecule has 0 saturated carbocycles. The summed E-state index contributed by atoms with van der Waals surface area (Å²) < 4.78 is 0. The largest absolute Gasteiger partial charge is 0.369 e. The molecule has 0 bridgehead atoms. The maximum Gasteiger partial charge on any atom is 0.277 e. The van der Waals surface area contributed by atoms with Crippen LogP contribution in [-0.4, -0.2) is 43.3 Å². The maximum atomic E-state index is 12.7. The molecule has 6 heteroatoms. The Balaban J connectivity index is 2.17. The van der Waals surface area contributed by atoms with Crippen LogP contribution in [0, 0.1) is 12.3 Å². The van der Waals surface area contributed by atoms with Gasteiger partial charge in [0.2, 0.25) is 5.91 Å². The quantitative estimate of drug-likeness (QED) is 0.641. The first-order valence-corrected chi connectivity index (χ1v) is 7.09. The molecule has 0 spiro atoms. The van der Waals surface area contributed by atoms with Crippen molar-refractivity contribution in [1.82, 2.24) is 10.2 Å². The molecule has 3 amide bonds. The average molecular weight is 309 g/mol. The Morgan fingerprint density at radius 1 is 1.13 bits per heavy atom. The van der Waals surface area contributed by atoms with Gasteiger partial charge < -0.3 is 10.2 Å². The summed E-state index contributed by atoms with van der Waals surface area (Å²) in [5.41, 5.74) is 1.72. The van der Waals surface area contributed by atoms with E-state index in [1.165, 1.54) is 11.9 Å². The lowest BCUT2D eigenvalue weighted by Gasteiger charge is -2.13. The van der Waals surface area contributed by atoms with Gasteiger partial charge in [-0.1, -0.05) is 24.1 Å². The highest BCUT2D eigenvalue weighted by Crippen LogP contribution is 2.43. The van der Waals surface area contributed by atoms with Gasteiger partial charge in [-0.25, -0.2) is 0 Å². The topological polar surface area (TPSA) is 69.7 Å². The SMILES string of the molecule is C#CCNC1=C(C2C(=O)N(C)c3ccccc32)C(=O)N(C)C1=O. The van der Waals surface area contributed by atoms with Crippen molar-refractivity contribution in [2.75, 3.05) is 25.5 Å². The van der Waals surface area contributed by atoms with Crippen LogP contribution in [0.4, 0.5) is 5.69 Å². The molecule has 3 rings (SSSR count). The van der Waals surface area contributed by atoms with Crippen molar-refractivity contribution in [3.63, 3.8) is 0 Å². The number of hydrogen-bond donors (Lipinski definition) is 1. The summed E-state index contributed by atoms with van der Waals surface area (Å²) in [5.74, 6) is 0.394. The molecule has 0 fully saturated rings. The fourth-order valence-electron chi connectivity index (χ4n) is 3.00. The third kappa shape index (κ3) is 2.01. The van der Waals surface area contributed by atoms with Crippen LogP contribution in [0.1, 0.15) is 11.5 Å². The average Bonchev–Trinajstić information content (AvgIpc) is 2.92. The second-order valence-corrected chi connectivity index (χ2v) is 5.40. The Hall–Kier alpha value is -3.07. The van der Waals surface area contributed by atoms with Crippen LogP contribution in [0.15, 0.2) is 35.5 Å². The van der Waals surface area contributed by atoms with Crippen molar-refractivity contribution in [3.05, 3.63) is 41.1 Å². The smallest absolute Gasteiger partial charge is 0.277 e. The van der Waals surface area contributed by atoms with Gasteiger partial charge in [-0.3, -0.25) is 19.3 Å². The number of carbonyl (C=O) groups excluding carboxylic acids is 3. The highest BCUT2D eigenvalue weighted by Gasteiger charge is 2.47. The van der Waals surface area contributed by atoms with Gasteiger partial charge in [0.05, 0.1) is 18.0 Å². The van der Waals surface area contributed by atoms with Crippen LogP contribution in [0.5, 0.6) is 0 Å². The highest BCUT2D eigenvalue weighted by molar-refractivity contribution is 6.23. The number of terminal acetylenes is 1. The van der Waals surface area contributed by atoms with Gasteiger partial charge in [0.15, 0.2) is 0 Å². The van der Waals surface area contributed by atoms with Gasteiger partial charge in [0.1, 0.15) is 5.70 Å². The normalized spacial score (nSPS) is 20.2. The number of nitrogens with zero attached hydrogens (tertiary/aromatic N) is 2. The van der Waals surface area contributed by atoms with E-state index in [1.54, 1.807) is 19.2 Å². The molecule has 2 aliphatic rings. The van der Waals surface area contributed by atoms with Crippen molar-refractivity contribution >= 4 is 23.4 Å². The van der Waals surface area contributed by atoms with E-state index in [9.17, 15) is 14.4 Å². The van der Waals surface area contributed by atoms with E-state index < -0.39 is 17.7 Å². The van der Waals surface area contributed by atoms with Gasteiger partial charge in [-0.15, -0.1) is 6.42 Å². The third-order valence-electron chi connectivity index (χ3n) is 4.17. The molecule has 1 aromatic rings. The summed E-state index contributed by atoms with van der Waals surface area (Å²) in [6, 6.07) is 7.24. The Morgan fingerprint density at radius 2 is 1.83 bits per heavy atom. The third-order valence-corrected chi connectivity index (χ3v) is 4.17. The number of para-hydroxylation sites is 1. The van der Waals surface area contributed by atoms with Crippen LogP contribution < -0.4 is 10.2 Å². The summed E-state index contributed by atoms with van der Waals surface area (Å²) in [5, 5.41) is 2.80. The molecule has 0 saturated heterocycles. The summed E-state index contributed by atoms with van der Waals surface area (Å²) >= 11 is 0. The van der Waals surface area contributed by atoms with Crippen molar-refractivity contribution in [3.8, 4) is 12.3 Å². The number of amides is 3. The number of carbonyl (C=O) groups is 3. The second-order valence-electron chi connectivity index (χ2n) is 5.40. The van der Waals surface area contributed by atoms with Gasteiger partial charge in [-0.2, -0.15) is 0 Å². The molecule has 1 atom stereocenters. The lowest BCUT2D eigenvalue weighted by Crippen LogP contribution is -2.30. The van der Waals surface area contributed by atoms with Gasteiger partial charge >= 0.3 is 0 Å². The molecular formula is C17H15N3O3. The number of rotatable bonds is 3. The minimum absolute atomic E-state index is 0.101. The zero-order valence-electron chi connectivity index (χ0n) is 12.8. The zero-order valence-corrected chi connectivity index (χ0v) is 12.8. The first-order chi connectivity index (χ1) is 11.0. The molecule has 116 valence electrons. The number of fused-ring (bicyclic) bond motifs is 1. The Bertz CT molecular complexity index is 804. The van der Waals surface area contributed by atoms with Crippen molar-refractivity contribution < 1.29 is 14.4 Å². The molecule has 0 aromatic heterocycles. The van der Waals surface area contributed by atoms with Crippen molar-refractivity contribution in [2.45, 2.75) is 5.92 Å². The maximum absolute atomic E-state index is 12.7. The van der Waals surface area contributed by atoms with E-state index in [1.807, 2.05) is 12.1 Å². The number of benzene rings is 1. The van der Waals surface area contributed by atoms with Crippen LogP contribution >= 0.6 is 0 Å². The van der Waals surface area contributed by atoms with E-state index >= 15 is 0 Å². The van der Waals surface area contributed by atoms with Crippen LogP contribution in [0.25, 0.3) is 0 Å². The number of nitrogens with one attached hydrogen (secondary N) is 1. The predicted octanol–water partition coefficient (Wildman–Crippen LogP) is 0.222. The van der Waals surface area contributed by atoms with Crippen molar-refractivity contribution in [2.24, 2.45) is 0 Å². The molecule has 6 nitrogen and oxygen atoms in total. The van der Waals surface area contributed by atoms with E-state index in [0.717, 1.165) is 10.6 Å². The fraction of sp³-hybridized carbons (Fsp3) is 0.235. The number of anilines is 1. The number of likely N-dealkylation sites (N-methyl/N-ethyl adjacent to an activating group) is 2. The van der Waals surface area contributed by atoms with Gasteiger partial charge in [0.25, 0.3) is 11.8 Å². The molecule has 1 unspecified atom stereocenters. The number of imide groups is 1. The monoisotopic (exact) mass is 309 g/mol. The first-order valence-electron chi connectivity index (χ1n) is 7.09. The number of hydrogen-bond acceptors (Lipinski definition) is 4. The van der Waals surface area contributed by atoms with E-state index in [4.69, 9.17) is 6.42 Å². The predicted molar refractivity (Wildman–Crippen MR) is 84.2 cm³/mol. The summed E-state index contributed by atoms with van der Waals surface area (Å²) in [6.45, 7) is 0.101. The van der Waals surface area contributed by atoms with Gasteiger partial charge in [-0.05, 0) is 11.6 Å². The molecule has 0 aliphatic carbocycles. The second kappa shape index (κ2) is 5.29. The Labute approximate surface area is 133 Å². The zero-order chi connectivity index (χ0) is 16.7. The minimum Gasteiger partial charge on any atom is -0.369 e. The Morgan fingerprint density at radius 3 is 2.52 bits per heavy atom. The molecular weight excluding hydrogens is 294 g/mol. The molecule has 2 aliphatic heterocycles. The van der Waals surface area contributed by atoms with E-state index in [-0.39, 0.29) is 23.7 Å². The van der Waals surface area contributed by atoms with Crippen LogP contribution in [0.2, 0.25) is 0 Å². The molecule has 1 aromatic carbocycles. The summed E-state index contributed by atoms with van der Waals surface area (Å²) in [4.78, 5) is 40.0. The van der Waals surface area contributed by atoms with Crippen LogP contribution in [-0.2, 0) is 14.4 Å². The summed E-state index contributed by atoms with van der Waals surface area (Å²) in [7, 11) is 3.05. The molecule has 1 N–H and O–H groups in total. The van der Waals surface area contributed by atoms with Crippen LogP contribution in [0.3, 0.4) is 0 Å². The minimum atomic E-state index is -0.794. The molecule has 2 heterocycles. The van der Waals surface area contributed by atoms with Crippen molar-refractivity contribution in [1.29, 1.82) is 0 Å². The standard InChI is InChI=1S/C17H15N3O3/c1-4-9-18-14-13(16(22)20(3)17(14)23)12-10-7-5-6-8-11(10)19(2)15(12)21/h1,5-8,12,18H,9H2,2-3H3. The van der Waals surface area contributed by atoms with Gasteiger partial charge in [0, 0.05) is 19.8 Å². The molecule has 23 heavy (non-hydrogen) atoms. The fourth-order valence-corrected chi connectivity index (χ4v) is 3.00. The lowest BCUT2D eigenvalue weighted by atomic mass is 9.91. The Kier molecular flexibility index (Phi) is 3.41. The highest BCUT2D eigenvalue weighted by atomic mass is 16.2. The lowest BCUT2D eigenvalue weighted by molar-refractivity contribution is -0.136. The van der Waals surface area contributed by atoms with E-state index in [0.29, 0.717) is 5.56 Å². The van der Waals surface area contributed by atoms with E-state index in [2.05, 4.69) is 11.2 Å². The first kappa shape index (κ1) is 14.9. The molecule has 0 radical (unpaired) electrons. The summed E-state index contributed by atoms with van der Waals surface area (Å²) in [6.07, 6.45) is 5.23.